The minimum Gasteiger partial charge on any atom is -0.375 e. The predicted molar refractivity (Wildman–Crippen MR) is 116 cm³/mol. The van der Waals surface area contributed by atoms with Gasteiger partial charge in [0.25, 0.3) is 0 Å². The summed E-state index contributed by atoms with van der Waals surface area (Å²) < 4.78 is 18.5. The van der Waals surface area contributed by atoms with Gasteiger partial charge in [0.1, 0.15) is 5.82 Å². The van der Waals surface area contributed by atoms with Gasteiger partial charge >= 0.3 is 0 Å². The Balaban J connectivity index is 0.00000338. The number of halogens is 2. The van der Waals surface area contributed by atoms with E-state index in [2.05, 4.69) is 20.6 Å². The van der Waals surface area contributed by atoms with Gasteiger partial charge in [-0.25, -0.2) is 9.37 Å². The number of nitrogens with zero attached hydrogens (tertiary/aromatic N) is 3. The number of hydrogen-bond acceptors (Lipinski definition) is 5. The Morgan fingerprint density at radius 2 is 2.00 bits per heavy atom. The molecule has 0 radical (unpaired) electrons. The first-order valence-corrected chi connectivity index (χ1v) is 8.76. The van der Waals surface area contributed by atoms with Gasteiger partial charge in [0.2, 0.25) is 0 Å². The Morgan fingerprint density at radius 1 is 1.31 bits per heavy atom. The fourth-order valence-electron chi connectivity index (χ4n) is 2.18. The lowest BCUT2D eigenvalue weighted by Crippen LogP contribution is -2.39. The number of anilines is 1. The van der Waals surface area contributed by atoms with E-state index in [0.717, 1.165) is 16.4 Å². The fraction of sp³-hybridized carbons (Fsp3) is 0.412. The van der Waals surface area contributed by atoms with Crippen molar-refractivity contribution in [2.75, 3.05) is 39.7 Å². The maximum Gasteiger partial charge on any atom is 0.191 e. The molecule has 0 saturated heterocycles. The van der Waals surface area contributed by atoms with Crippen LogP contribution < -0.4 is 15.5 Å². The molecule has 6 nitrogen and oxygen atoms in total. The van der Waals surface area contributed by atoms with Crippen LogP contribution in [-0.2, 0) is 11.3 Å². The van der Waals surface area contributed by atoms with Crippen LogP contribution in [0.5, 0.6) is 0 Å². The number of guanidine groups is 1. The number of rotatable bonds is 7. The molecule has 0 fully saturated rings. The number of nitrogens with one attached hydrogen (secondary N) is 2. The SMILES string of the molecule is CN=C(NCc1csc(N(C)C)n1)NCC(OC)c1ccc(F)cc1.I. The maximum atomic E-state index is 13.0. The third kappa shape index (κ3) is 6.69. The van der Waals surface area contributed by atoms with E-state index in [1.54, 1.807) is 37.6 Å². The first kappa shape index (κ1) is 22.6. The normalized spacial score (nSPS) is 12.3. The van der Waals surface area contributed by atoms with E-state index >= 15 is 0 Å². The standard InChI is InChI=1S/C17H24FN5OS.HI/c1-19-16(20-9-14-11-25-17(22-14)23(2)3)21-10-15(24-4)12-5-7-13(18)8-6-12;/h5-8,11,15H,9-10H2,1-4H3,(H2,19,20,21);1H. The van der Waals surface area contributed by atoms with Crippen LogP contribution in [-0.4, -0.2) is 45.7 Å². The molecule has 2 N–H and O–H groups in total. The van der Waals surface area contributed by atoms with Gasteiger partial charge in [0, 0.05) is 40.2 Å². The molecule has 1 aromatic heterocycles. The number of benzene rings is 1. The maximum absolute atomic E-state index is 13.0. The number of aromatic nitrogens is 1. The molecule has 2 rings (SSSR count). The van der Waals surface area contributed by atoms with Crippen LogP contribution >= 0.6 is 35.3 Å². The number of ether oxygens (including phenoxy) is 1. The Bertz CT molecular complexity index is 693. The molecule has 0 spiro atoms. The van der Waals surface area contributed by atoms with Crippen LogP contribution in [0.3, 0.4) is 0 Å². The zero-order valence-electron chi connectivity index (χ0n) is 15.3. The van der Waals surface area contributed by atoms with Crippen molar-refractivity contribution in [3.8, 4) is 0 Å². The number of thiazole rings is 1. The van der Waals surface area contributed by atoms with E-state index in [4.69, 9.17) is 4.74 Å². The molecule has 144 valence electrons. The lowest BCUT2D eigenvalue weighted by molar-refractivity contribution is 0.106. The summed E-state index contributed by atoms with van der Waals surface area (Å²) in [5, 5.41) is 9.43. The second-order valence-electron chi connectivity index (χ2n) is 5.60. The molecular formula is C17H25FIN5OS. The van der Waals surface area contributed by atoms with Crippen LogP contribution in [0.4, 0.5) is 9.52 Å². The summed E-state index contributed by atoms with van der Waals surface area (Å²) in [5.74, 6) is 0.396. The molecule has 0 bridgehead atoms. The van der Waals surface area contributed by atoms with Crippen molar-refractivity contribution in [2.45, 2.75) is 12.6 Å². The molecule has 0 aliphatic rings. The lowest BCUT2D eigenvalue weighted by Gasteiger charge is -2.18. The van der Waals surface area contributed by atoms with Crippen LogP contribution in [0.1, 0.15) is 17.4 Å². The van der Waals surface area contributed by atoms with E-state index in [1.807, 2.05) is 24.4 Å². The highest BCUT2D eigenvalue weighted by Crippen LogP contribution is 2.18. The molecule has 0 aliphatic heterocycles. The lowest BCUT2D eigenvalue weighted by atomic mass is 10.1. The smallest absolute Gasteiger partial charge is 0.191 e. The Kier molecular flexibility index (Phi) is 9.81. The summed E-state index contributed by atoms with van der Waals surface area (Å²) in [4.78, 5) is 10.7. The molecule has 1 unspecified atom stereocenters. The summed E-state index contributed by atoms with van der Waals surface area (Å²) in [6.07, 6.45) is -0.196. The molecule has 0 saturated carbocycles. The third-order valence-electron chi connectivity index (χ3n) is 3.56. The van der Waals surface area contributed by atoms with Crippen molar-refractivity contribution in [3.63, 3.8) is 0 Å². The average molecular weight is 493 g/mol. The quantitative estimate of drug-likeness (QED) is 0.353. The molecule has 0 amide bonds. The topological polar surface area (TPSA) is 61.8 Å². The number of methoxy groups -OCH3 is 1. The molecule has 1 atom stereocenters. The Labute approximate surface area is 174 Å². The number of aliphatic imine (C=N–C) groups is 1. The van der Waals surface area contributed by atoms with E-state index in [1.165, 1.54) is 12.1 Å². The van der Waals surface area contributed by atoms with E-state index in [9.17, 15) is 4.39 Å². The molecule has 1 heterocycles. The zero-order chi connectivity index (χ0) is 18.2. The summed E-state index contributed by atoms with van der Waals surface area (Å²) in [6, 6.07) is 6.30. The third-order valence-corrected chi connectivity index (χ3v) is 4.62. The summed E-state index contributed by atoms with van der Waals surface area (Å²) in [6.45, 7) is 1.10. The van der Waals surface area contributed by atoms with Crippen molar-refractivity contribution < 1.29 is 9.13 Å². The monoisotopic (exact) mass is 493 g/mol. The second-order valence-corrected chi connectivity index (χ2v) is 6.43. The first-order valence-electron chi connectivity index (χ1n) is 7.88. The summed E-state index contributed by atoms with van der Waals surface area (Å²) in [5.41, 5.74) is 1.86. The first-order chi connectivity index (χ1) is 12.0. The molecule has 2 aromatic rings. The van der Waals surface area contributed by atoms with Gasteiger partial charge in [0.15, 0.2) is 11.1 Å². The highest BCUT2D eigenvalue weighted by atomic mass is 127. The zero-order valence-corrected chi connectivity index (χ0v) is 18.5. The molecule has 9 heteroatoms. The van der Waals surface area contributed by atoms with Crippen LogP contribution in [0.25, 0.3) is 0 Å². The van der Waals surface area contributed by atoms with Crippen LogP contribution in [0.15, 0.2) is 34.6 Å². The molecule has 0 aliphatic carbocycles. The van der Waals surface area contributed by atoms with Gasteiger partial charge in [-0.05, 0) is 17.7 Å². The molecular weight excluding hydrogens is 468 g/mol. The fourth-order valence-corrected chi connectivity index (χ4v) is 2.94. The van der Waals surface area contributed by atoms with Crippen molar-refractivity contribution in [1.29, 1.82) is 0 Å². The van der Waals surface area contributed by atoms with Crippen LogP contribution in [0, 0.1) is 5.82 Å². The molecule has 26 heavy (non-hydrogen) atoms. The second kappa shape index (κ2) is 11.3. The summed E-state index contributed by atoms with van der Waals surface area (Å²) in [7, 11) is 7.28. The van der Waals surface area contributed by atoms with E-state index in [-0.39, 0.29) is 35.9 Å². The largest absolute Gasteiger partial charge is 0.375 e. The van der Waals surface area contributed by atoms with E-state index < -0.39 is 0 Å². The number of hydrogen-bond donors (Lipinski definition) is 2. The van der Waals surface area contributed by atoms with Gasteiger partial charge < -0.3 is 20.3 Å². The van der Waals surface area contributed by atoms with Crippen molar-refractivity contribution in [3.05, 3.63) is 46.7 Å². The van der Waals surface area contributed by atoms with Crippen molar-refractivity contribution in [1.82, 2.24) is 15.6 Å². The van der Waals surface area contributed by atoms with Crippen molar-refractivity contribution in [2.24, 2.45) is 4.99 Å². The van der Waals surface area contributed by atoms with Gasteiger partial charge in [-0.2, -0.15) is 0 Å². The minimum absolute atomic E-state index is 0. The Hall–Kier alpha value is -1.46. The highest BCUT2D eigenvalue weighted by molar-refractivity contribution is 14.0. The van der Waals surface area contributed by atoms with E-state index in [0.29, 0.717) is 19.0 Å². The molecule has 1 aromatic carbocycles. The van der Waals surface area contributed by atoms with Gasteiger partial charge in [0.05, 0.1) is 18.3 Å². The highest BCUT2D eigenvalue weighted by Gasteiger charge is 2.12. The van der Waals surface area contributed by atoms with Crippen LogP contribution in [0.2, 0.25) is 0 Å². The Morgan fingerprint density at radius 3 is 2.54 bits per heavy atom. The predicted octanol–water partition coefficient (Wildman–Crippen LogP) is 3.02. The summed E-state index contributed by atoms with van der Waals surface area (Å²) >= 11 is 1.60. The average Bonchev–Trinajstić information content (AvgIpc) is 3.08. The van der Waals surface area contributed by atoms with Gasteiger partial charge in [-0.1, -0.05) is 12.1 Å². The van der Waals surface area contributed by atoms with Gasteiger partial charge in [-0.15, -0.1) is 35.3 Å². The minimum atomic E-state index is -0.260. The van der Waals surface area contributed by atoms with Gasteiger partial charge in [-0.3, -0.25) is 4.99 Å². The van der Waals surface area contributed by atoms with Crippen molar-refractivity contribution >= 4 is 46.4 Å².